The van der Waals surface area contributed by atoms with Gasteiger partial charge >= 0.3 is 0 Å². The molecule has 0 aliphatic carbocycles. The third kappa shape index (κ3) is 5.68. The number of amides is 1. The molecular formula is C33H33F2N5O2. The lowest BCUT2D eigenvalue weighted by atomic mass is 9.93. The van der Waals surface area contributed by atoms with E-state index in [4.69, 9.17) is 22.0 Å². The van der Waals surface area contributed by atoms with Crippen molar-refractivity contribution >= 4 is 28.2 Å². The molecule has 2 saturated heterocycles. The highest BCUT2D eigenvalue weighted by Crippen LogP contribution is 2.43. The van der Waals surface area contributed by atoms with E-state index >= 15 is 0 Å². The molecule has 3 heterocycles. The van der Waals surface area contributed by atoms with E-state index in [1.54, 1.807) is 6.07 Å². The van der Waals surface area contributed by atoms with Crippen molar-refractivity contribution in [2.45, 2.75) is 38.1 Å². The lowest BCUT2D eigenvalue weighted by Gasteiger charge is -2.34. The van der Waals surface area contributed by atoms with Gasteiger partial charge in [-0.3, -0.25) is 9.89 Å². The standard InChI is InChI=1S/C33H33F2N5O2/c1-2-20-7-11-40(12-8-20)29-6-4-26(33(36)41)31(37-25-9-13-42-14-10-25)30(29)32-27-18-21(3-5-28(27)38-39-32)15-22-16-23(34)19-24(35)17-22/h1,3-6,16-20,25,37H,7-15H2,(H2,36,41)(H,38,39). The Morgan fingerprint density at radius 3 is 2.48 bits per heavy atom. The van der Waals surface area contributed by atoms with Crippen LogP contribution in [0.25, 0.3) is 22.2 Å². The number of nitrogens with one attached hydrogen (secondary N) is 2. The second kappa shape index (κ2) is 11.8. The number of fused-ring (bicyclic) bond motifs is 1. The first-order valence-corrected chi connectivity index (χ1v) is 14.3. The number of carbonyl (C=O) groups is 1. The van der Waals surface area contributed by atoms with E-state index in [2.05, 4.69) is 21.2 Å². The Morgan fingerprint density at radius 1 is 1.05 bits per heavy atom. The van der Waals surface area contributed by atoms with Crippen molar-refractivity contribution in [3.63, 3.8) is 0 Å². The molecule has 0 radical (unpaired) electrons. The summed E-state index contributed by atoms with van der Waals surface area (Å²) < 4.78 is 33.4. The van der Waals surface area contributed by atoms with Gasteiger partial charge in [-0.2, -0.15) is 5.10 Å². The van der Waals surface area contributed by atoms with Crippen molar-refractivity contribution in [3.05, 3.63) is 76.9 Å². The number of benzene rings is 3. The number of halogens is 2. The van der Waals surface area contributed by atoms with Gasteiger partial charge in [0.1, 0.15) is 17.3 Å². The number of rotatable bonds is 7. The van der Waals surface area contributed by atoms with Gasteiger partial charge in [-0.05, 0) is 79.6 Å². The van der Waals surface area contributed by atoms with E-state index in [0.717, 1.165) is 72.6 Å². The molecule has 2 aliphatic rings. The quantitative estimate of drug-likeness (QED) is 0.251. The Morgan fingerprint density at radius 2 is 1.79 bits per heavy atom. The summed E-state index contributed by atoms with van der Waals surface area (Å²) in [5, 5.41) is 12.4. The van der Waals surface area contributed by atoms with Gasteiger partial charge in [-0.25, -0.2) is 8.78 Å². The van der Waals surface area contributed by atoms with E-state index in [1.807, 2.05) is 24.3 Å². The number of aromatic amines is 1. The van der Waals surface area contributed by atoms with E-state index < -0.39 is 17.5 Å². The van der Waals surface area contributed by atoms with Crippen molar-refractivity contribution in [2.24, 2.45) is 11.7 Å². The maximum atomic E-state index is 13.9. The van der Waals surface area contributed by atoms with Crippen molar-refractivity contribution in [2.75, 3.05) is 36.5 Å². The molecule has 7 nitrogen and oxygen atoms in total. The van der Waals surface area contributed by atoms with Gasteiger partial charge < -0.3 is 20.7 Å². The maximum absolute atomic E-state index is 13.9. The first-order chi connectivity index (χ1) is 20.4. The molecule has 42 heavy (non-hydrogen) atoms. The molecular weight excluding hydrogens is 536 g/mol. The molecule has 2 aliphatic heterocycles. The highest BCUT2D eigenvalue weighted by molar-refractivity contribution is 6.08. The molecule has 0 spiro atoms. The van der Waals surface area contributed by atoms with Crippen LogP contribution in [0.1, 0.15) is 47.2 Å². The van der Waals surface area contributed by atoms with Crippen LogP contribution < -0.4 is 16.0 Å². The number of piperidine rings is 1. The van der Waals surface area contributed by atoms with E-state index in [9.17, 15) is 13.6 Å². The zero-order chi connectivity index (χ0) is 29.2. The molecule has 0 atom stereocenters. The second-order valence-electron chi connectivity index (χ2n) is 11.1. The molecule has 0 unspecified atom stereocenters. The van der Waals surface area contributed by atoms with Gasteiger partial charge in [-0.1, -0.05) is 6.07 Å². The Labute approximate surface area is 243 Å². The minimum atomic E-state index is -0.611. The third-order valence-electron chi connectivity index (χ3n) is 8.28. The van der Waals surface area contributed by atoms with E-state index in [-0.39, 0.29) is 12.0 Å². The zero-order valence-electron chi connectivity index (χ0n) is 23.3. The van der Waals surface area contributed by atoms with Gasteiger partial charge in [0.15, 0.2) is 0 Å². The molecule has 4 aromatic rings. The highest BCUT2D eigenvalue weighted by Gasteiger charge is 2.28. The summed E-state index contributed by atoms with van der Waals surface area (Å²) >= 11 is 0. The van der Waals surface area contributed by atoms with Gasteiger partial charge in [-0.15, -0.1) is 12.3 Å². The SMILES string of the molecule is C#CC1CCN(c2ccc(C(N)=O)c(NC3CCOCC3)c2-c2n[nH]c3ccc(Cc4cc(F)cc(F)c4)cc23)CC1. The lowest BCUT2D eigenvalue weighted by molar-refractivity contribution is 0.0904. The summed E-state index contributed by atoms with van der Waals surface area (Å²) in [6, 6.07) is 13.2. The number of nitrogens with two attached hydrogens (primary N) is 1. The number of carbonyl (C=O) groups excluding carboxylic acids is 1. The predicted octanol–water partition coefficient (Wildman–Crippen LogP) is 5.64. The summed E-state index contributed by atoms with van der Waals surface area (Å²) in [4.78, 5) is 15.1. The third-order valence-corrected chi connectivity index (χ3v) is 8.28. The Hall–Kier alpha value is -4.42. The topological polar surface area (TPSA) is 96.3 Å². The maximum Gasteiger partial charge on any atom is 0.250 e. The number of nitrogens with zero attached hydrogens (tertiary/aromatic N) is 2. The first-order valence-electron chi connectivity index (χ1n) is 14.3. The van der Waals surface area contributed by atoms with E-state index in [0.29, 0.717) is 42.1 Å². The molecule has 9 heteroatoms. The predicted molar refractivity (Wildman–Crippen MR) is 160 cm³/mol. The number of aromatic nitrogens is 2. The molecule has 0 bridgehead atoms. The number of ether oxygens (including phenoxy) is 1. The van der Waals surface area contributed by atoms with Crippen LogP contribution in [-0.4, -0.2) is 48.4 Å². The first kappa shape index (κ1) is 27.7. The molecule has 1 amide bonds. The van der Waals surface area contributed by atoms with Gasteiger partial charge in [0.05, 0.1) is 22.3 Å². The largest absolute Gasteiger partial charge is 0.381 e. The summed E-state index contributed by atoms with van der Waals surface area (Å²) in [5.41, 5.74) is 11.6. The van der Waals surface area contributed by atoms with Crippen LogP contribution >= 0.6 is 0 Å². The van der Waals surface area contributed by atoms with Gasteiger partial charge in [0.2, 0.25) is 0 Å². The van der Waals surface area contributed by atoms with Gasteiger partial charge in [0, 0.05) is 55.4 Å². The minimum Gasteiger partial charge on any atom is -0.381 e. The molecule has 6 rings (SSSR count). The Kier molecular flexibility index (Phi) is 7.81. The number of hydrogen-bond acceptors (Lipinski definition) is 5. The summed E-state index contributed by atoms with van der Waals surface area (Å²) in [6.07, 6.45) is 9.40. The van der Waals surface area contributed by atoms with Crippen LogP contribution in [0, 0.1) is 29.9 Å². The van der Waals surface area contributed by atoms with Crippen LogP contribution in [0.15, 0.2) is 48.5 Å². The summed E-state index contributed by atoms with van der Waals surface area (Å²) in [5.74, 6) is 1.37. The Bertz CT molecular complexity index is 1640. The van der Waals surface area contributed by atoms with Crippen LogP contribution in [0.4, 0.5) is 20.2 Å². The van der Waals surface area contributed by atoms with Gasteiger partial charge in [0.25, 0.3) is 5.91 Å². The molecule has 216 valence electrons. The fourth-order valence-electron chi connectivity index (χ4n) is 6.09. The van der Waals surface area contributed by atoms with E-state index in [1.165, 1.54) is 12.1 Å². The fourth-order valence-corrected chi connectivity index (χ4v) is 6.09. The van der Waals surface area contributed by atoms with Crippen molar-refractivity contribution < 1.29 is 18.3 Å². The number of primary amides is 1. The second-order valence-corrected chi connectivity index (χ2v) is 11.1. The normalized spacial score (nSPS) is 16.5. The monoisotopic (exact) mass is 569 g/mol. The molecule has 4 N–H and O–H groups in total. The molecule has 0 saturated carbocycles. The zero-order valence-corrected chi connectivity index (χ0v) is 23.3. The average molecular weight is 570 g/mol. The van der Waals surface area contributed by atoms with Crippen LogP contribution in [-0.2, 0) is 11.2 Å². The number of hydrogen-bond donors (Lipinski definition) is 3. The molecule has 2 fully saturated rings. The van der Waals surface area contributed by atoms with Crippen molar-refractivity contribution in [3.8, 4) is 23.6 Å². The van der Waals surface area contributed by atoms with Crippen molar-refractivity contribution in [1.29, 1.82) is 0 Å². The summed E-state index contributed by atoms with van der Waals surface area (Å²) in [6.45, 7) is 2.81. The van der Waals surface area contributed by atoms with Crippen LogP contribution in [0.5, 0.6) is 0 Å². The summed E-state index contributed by atoms with van der Waals surface area (Å²) in [7, 11) is 0. The molecule has 1 aromatic heterocycles. The lowest BCUT2D eigenvalue weighted by Crippen LogP contribution is -2.34. The Balaban J connectivity index is 1.49. The minimum absolute atomic E-state index is 0.0988. The number of H-pyrrole nitrogens is 1. The fraction of sp³-hybridized carbons (Fsp3) is 0.333. The highest BCUT2D eigenvalue weighted by atomic mass is 19.1. The van der Waals surface area contributed by atoms with Crippen LogP contribution in [0.3, 0.4) is 0 Å². The average Bonchev–Trinajstić information content (AvgIpc) is 3.40. The number of anilines is 2. The van der Waals surface area contributed by atoms with Crippen molar-refractivity contribution in [1.82, 2.24) is 10.2 Å². The number of terminal acetylenes is 1. The smallest absolute Gasteiger partial charge is 0.250 e. The van der Waals surface area contributed by atoms with Crippen LogP contribution in [0.2, 0.25) is 0 Å². The molecule has 3 aromatic carbocycles.